The van der Waals surface area contributed by atoms with Gasteiger partial charge >= 0.3 is 0 Å². The van der Waals surface area contributed by atoms with E-state index in [4.69, 9.17) is 8.94 Å². The molecule has 0 spiro atoms. The number of benzene rings is 1. The van der Waals surface area contributed by atoms with Crippen LogP contribution >= 0.6 is 15.9 Å². The molecule has 0 bridgehead atoms. The van der Waals surface area contributed by atoms with Crippen molar-refractivity contribution in [1.82, 2.24) is 10.1 Å². The van der Waals surface area contributed by atoms with E-state index in [-0.39, 0.29) is 11.8 Å². The summed E-state index contributed by atoms with van der Waals surface area (Å²) in [5.41, 5.74) is 3.15. The number of amides is 1. The van der Waals surface area contributed by atoms with E-state index < -0.39 is 0 Å². The van der Waals surface area contributed by atoms with Gasteiger partial charge in [-0.2, -0.15) is 4.98 Å². The maximum atomic E-state index is 12.5. The number of carbonyl (C=O) groups excluding carboxylic acids is 1. The lowest BCUT2D eigenvalue weighted by atomic mass is 10.1. The molecule has 1 amide bonds. The Morgan fingerprint density at radius 2 is 2.08 bits per heavy atom. The summed E-state index contributed by atoms with van der Waals surface area (Å²) in [5.74, 6) is 1.33. The van der Waals surface area contributed by atoms with Crippen LogP contribution in [0, 0.1) is 13.8 Å². The third-order valence-corrected chi connectivity index (χ3v) is 4.80. The Kier molecular flexibility index (Phi) is 3.95. The molecule has 0 saturated carbocycles. The number of aryl methyl sites for hydroxylation is 2. The summed E-state index contributed by atoms with van der Waals surface area (Å²) in [5, 5.41) is 4.05. The zero-order valence-corrected chi connectivity index (χ0v) is 15.4. The van der Waals surface area contributed by atoms with Crippen molar-refractivity contribution in [1.29, 1.82) is 0 Å². The van der Waals surface area contributed by atoms with Crippen LogP contribution in [0.4, 0.5) is 5.69 Å². The van der Waals surface area contributed by atoms with Gasteiger partial charge in [-0.1, -0.05) is 17.3 Å². The lowest BCUT2D eigenvalue weighted by Gasteiger charge is -2.19. The summed E-state index contributed by atoms with van der Waals surface area (Å²) in [6.07, 6.45) is 0.369. The highest BCUT2D eigenvalue weighted by molar-refractivity contribution is 9.10. The quantitative estimate of drug-likeness (QED) is 0.656. The lowest BCUT2D eigenvalue weighted by Crippen LogP contribution is -2.25. The highest BCUT2D eigenvalue weighted by atomic mass is 79.9. The van der Waals surface area contributed by atoms with E-state index >= 15 is 0 Å². The summed E-state index contributed by atoms with van der Waals surface area (Å²) >= 11 is 3.25. The van der Waals surface area contributed by atoms with E-state index in [1.807, 2.05) is 36.9 Å². The average molecular weight is 402 g/mol. The third-order valence-electron chi connectivity index (χ3n) is 4.37. The lowest BCUT2D eigenvalue weighted by molar-refractivity contribution is -0.117. The third kappa shape index (κ3) is 3.00. The molecule has 3 aromatic rings. The van der Waals surface area contributed by atoms with E-state index in [0.29, 0.717) is 35.1 Å². The summed E-state index contributed by atoms with van der Waals surface area (Å²) in [4.78, 5) is 18.7. The number of hydrogen-bond acceptors (Lipinski definition) is 5. The van der Waals surface area contributed by atoms with Gasteiger partial charge in [-0.25, -0.2) is 0 Å². The molecule has 0 aliphatic carbocycles. The molecule has 1 unspecified atom stereocenters. The second-order valence-electron chi connectivity index (χ2n) is 6.26. The number of anilines is 1. The van der Waals surface area contributed by atoms with Crippen molar-refractivity contribution < 1.29 is 13.7 Å². The molecule has 25 heavy (non-hydrogen) atoms. The van der Waals surface area contributed by atoms with E-state index in [2.05, 4.69) is 26.1 Å². The van der Waals surface area contributed by atoms with Gasteiger partial charge in [0.05, 0.1) is 0 Å². The van der Waals surface area contributed by atoms with Crippen LogP contribution in [0.1, 0.15) is 29.3 Å². The second kappa shape index (κ2) is 6.15. The van der Waals surface area contributed by atoms with Crippen molar-refractivity contribution in [3.8, 4) is 11.7 Å². The molecule has 1 aliphatic heterocycles. The monoisotopic (exact) mass is 401 g/mol. The highest BCUT2D eigenvalue weighted by Crippen LogP contribution is 2.33. The fourth-order valence-corrected chi connectivity index (χ4v) is 3.36. The maximum absolute atomic E-state index is 12.5. The molecule has 1 atom stereocenters. The predicted molar refractivity (Wildman–Crippen MR) is 95.3 cm³/mol. The van der Waals surface area contributed by atoms with Gasteiger partial charge in [0.25, 0.3) is 5.89 Å². The van der Waals surface area contributed by atoms with Crippen molar-refractivity contribution >= 4 is 27.5 Å². The van der Waals surface area contributed by atoms with Crippen LogP contribution in [-0.2, 0) is 4.79 Å². The van der Waals surface area contributed by atoms with Crippen LogP contribution in [0.25, 0.3) is 11.7 Å². The van der Waals surface area contributed by atoms with Gasteiger partial charge in [-0.3, -0.25) is 4.79 Å². The van der Waals surface area contributed by atoms with Crippen molar-refractivity contribution in [2.24, 2.45) is 0 Å². The van der Waals surface area contributed by atoms with Crippen LogP contribution in [0.2, 0.25) is 0 Å². The summed E-state index contributed by atoms with van der Waals surface area (Å²) in [7, 11) is 0. The van der Waals surface area contributed by atoms with Crippen molar-refractivity contribution in [3.05, 3.63) is 52.0 Å². The molecule has 6 nitrogen and oxygen atoms in total. The Bertz CT molecular complexity index is 947. The zero-order chi connectivity index (χ0) is 17.6. The average Bonchev–Trinajstić information content (AvgIpc) is 3.29. The Morgan fingerprint density at radius 1 is 1.24 bits per heavy atom. The number of rotatable bonds is 3. The maximum Gasteiger partial charge on any atom is 0.293 e. The predicted octanol–water partition coefficient (Wildman–Crippen LogP) is 4.23. The second-order valence-corrected chi connectivity index (χ2v) is 7.04. The van der Waals surface area contributed by atoms with Gasteiger partial charge in [0, 0.05) is 24.6 Å². The minimum Gasteiger partial charge on any atom is -0.444 e. The zero-order valence-electron chi connectivity index (χ0n) is 13.8. The number of nitrogens with zero attached hydrogens (tertiary/aromatic N) is 3. The van der Waals surface area contributed by atoms with E-state index in [0.717, 1.165) is 16.8 Å². The van der Waals surface area contributed by atoms with Crippen LogP contribution in [0.3, 0.4) is 0 Å². The molecule has 3 heterocycles. The topological polar surface area (TPSA) is 72.4 Å². The minimum atomic E-state index is -0.0942. The SMILES string of the molecule is Cc1ccc(C)c(N2CC(c3noc(-c4ccc(Br)o4)n3)CC2=O)c1. The molecule has 4 rings (SSSR count). The Balaban J connectivity index is 1.58. The largest absolute Gasteiger partial charge is 0.444 e. The molecule has 7 heteroatoms. The summed E-state index contributed by atoms with van der Waals surface area (Å²) < 4.78 is 11.3. The van der Waals surface area contributed by atoms with Crippen LogP contribution < -0.4 is 4.90 Å². The van der Waals surface area contributed by atoms with Crippen molar-refractivity contribution in [2.45, 2.75) is 26.2 Å². The summed E-state index contributed by atoms with van der Waals surface area (Å²) in [6, 6.07) is 9.64. The van der Waals surface area contributed by atoms with Gasteiger partial charge in [0.15, 0.2) is 16.3 Å². The molecule has 1 fully saturated rings. The number of halogens is 1. The number of aromatic nitrogens is 2. The molecule has 1 aromatic carbocycles. The van der Waals surface area contributed by atoms with E-state index in [9.17, 15) is 4.79 Å². The molecule has 1 saturated heterocycles. The molecule has 2 aromatic heterocycles. The van der Waals surface area contributed by atoms with E-state index in [1.54, 1.807) is 12.1 Å². The fourth-order valence-electron chi connectivity index (χ4n) is 3.05. The normalized spacial score (nSPS) is 17.5. The molecular weight excluding hydrogens is 386 g/mol. The van der Waals surface area contributed by atoms with E-state index in [1.165, 1.54) is 0 Å². The smallest absolute Gasteiger partial charge is 0.293 e. The molecule has 0 N–H and O–H groups in total. The molecular formula is C18H16BrN3O3. The highest BCUT2D eigenvalue weighted by Gasteiger charge is 2.35. The Morgan fingerprint density at radius 3 is 2.84 bits per heavy atom. The first-order valence-electron chi connectivity index (χ1n) is 7.98. The van der Waals surface area contributed by atoms with Crippen LogP contribution in [0.15, 0.2) is 43.9 Å². The van der Waals surface area contributed by atoms with Crippen molar-refractivity contribution in [2.75, 3.05) is 11.4 Å². The Hall–Kier alpha value is -2.41. The van der Waals surface area contributed by atoms with Gasteiger partial charge in [-0.05, 0) is 59.1 Å². The van der Waals surface area contributed by atoms with Crippen LogP contribution in [0.5, 0.6) is 0 Å². The minimum absolute atomic E-state index is 0.0748. The summed E-state index contributed by atoms with van der Waals surface area (Å²) in [6.45, 7) is 4.58. The van der Waals surface area contributed by atoms with Gasteiger partial charge in [0.2, 0.25) is 5.91 Å². The Labute approximate surface area is 152 Å². The van der Waals surface area contributed by atoms with Crippen LogP contribution in [-0.4, -0.2) is 22.6 Å². The molecule has 0 radical (unpaired) electrons. The standard InChI is InChI=1S/C18H16BrN3O3/c1-10-3-4-11(2)13(7-10)22-9-12(8-16(22)23)17-20-18(25-21-17)14-5-6-15(19)24-14/h3-7,12H,8-9H2,1-2H3. The van der Waals surface area contributed by atoms with Gasteiger partial charge in [-0.15, -0.1) is 0 Å². The molecule has 1 aliphatic rings. The number of hydrogen-bond donors (Lipinski definition) is 0. The first-order valence-corrected chi connectivity index (χ1v) is 8.77. The fraction of sp³-hybridized carbons (Fsp3) is 0.278. The first-order chi connectivity index (χ1) is 12.0. The molecule has 128 valence electrons. The van der Waals surface area contributed by atoms with Crippen molar-refractivity contribution in [3.63, 3.8) is 0 Å². The first kappa shape index (κ1) is 16.1. The number of carbonyl (C=O) groups is 1. The van der Waals surface area contributed by atoms with Gasteiger partial charge in [0.1, 0.15) is 0 Å². The number of furan rings is 1. The van der Waals surface area contributed by atoms with Gasteiger partial charge < -0.3 is 13.8 Å².